The molecule has 1 amide bonds. The first-order valence-corrected chi connectivity index (χ1v) is 8.51. The summed E-state index contributed by atoms with van der Waals surface area (Å²) in [5.41, 5.74) is 1.07. The van der Waals surface area contributed by atoms with E-state index in [1.165, 1.54) is 19.3 Å². The lowest BCUT2D eigenvalue weighted by atomic mass is 9.36. The van der Waals surface area contributed by atoms with Crippen LogP contribution in [0.3, 0.4) is 0 Å². The third-order valence-electron chi connectivity index (χ3n) is 6.18. The summed E-state index contributed by atoms with van der Waals surface area (Å²) in [4.78, 5) is 15.1. The molecular formula is C18H32N2O. The van der Waals surface area contributed by atoms with Crippen LogP contribution in [0.1, 0.15) is 59.3 Å². The van der Waals surface area contributed by atoms with Gasteiger partial charge in [-0.3, -0.25) is 4.79 Å². The molecule has 0 spiro atoms. The van der Waals surface area contributed by atoms with Crippen LogP contribution in [0.15, 0.2) is 0 Å². The molecule has 0 aromatic heterocycles. The minimum atomic E-state index is -0.0840. The summed E-state index contributed by atoms with van der Waals surface area (Å²) in [5.74, 6) is 0.340. The number of amides is 1. The summed E-state index contributed by atoms with van der Waals surface area (Å²) in [5, 5.41) is 3.24. The molecule has 4 rings (SSSR count). The molecule has 4 aliphatic carbocycles. The maximum absolute atomic E-state index is 13.0. The monoisotopic (exact) mass is 292 g/mol. The molecule has 0 aliphatic heterocycles. The highest BCUT2D eigenvalue weighted by Gasteiger charge is 2.66. The van der Waals surface area contributed by atoms with E-state index in [9.17, 15) is 4.79 Å². The Morgan fingerprint density at radius 2 is 1.33 bits per heavy atom. The number of nitrogens with zero attached hydrogens (tertiary/aromatic N) is 1. The summed E-state index contributed by atoms with van der Waals surface area (Å²) >= 11 is 0. The number of hydrogen-bond donors (Lipinski definition) is 1. The first kappa shape index (κ1) is 15.3. The van der Waals surface area contributed by atoms with Crippen LogP contribution in [0, 0.1) is 21.7 Å². The Hall–Kier alpha value is -0.570. The van der Waals surface area contributed by atoms with Crippen molar-refractivity contribution in [3.8, 4) is 0 Å². The van der Waals surface area contributed by atoms with Crippen LogP contribution in [0.5, 0.6) is 0 Å². The van der Waals surface area contributed by atoms with Crippen molar-refractivity contribution in [2.45, 2.75) is 59.3 Å². The summed E-state index contributed by atoms with van der Waals surface area (Å²) in [6.07, 6.45) is 7.30. The first-order chi connectivity index (χ1) is 9.58. The van der Waals surface area contributed by atoms with E-state index in [-0.39, 0.29) is 5.41 Å². The molecule has 0 saturated heterocycles. The number of hydrogen-bond acceptors (Lipinski definition) is 2. The quantitative estimate of drug-likeness (QED) is 0.864. The van der Waals surface area contributed by atoms with E-state index < -0.39 is 0 Å². The first-order valence-electron chi connectivity index (χ1n) is 8.51. The van der Waals surface area contributed by atoms with Crippen molar-refractivity contribution in [1.29, 1.82) is 0 Å². The van der Waals surface area contributed by atoms with Gasteiger partial charge in [-0.05, 0) is 68.9 Å². The van der Waals surface area contributed by atoms with Gasteiger partial charge in [0, 0.05) is 13.1 Å². The Labute approximate surface area is 129 Å². The van der Waals surface area contributed by atoms with Gasteiger partial charge < -0.3 is 10.2 Å². The van der Waals surface area contributed by atoms with Crippen molar-refractivity contribution < 1.29 is 4.79 Å². The fraction of sp³-hybridized carbons (Fsp3) is 0.944. The molecule has 21 heavy (non-hydrogen) atoms. The molecule has 4 saturated carbocycles. The standard InChI is InChI=1S/C18H32N2O/c1-15-8-16(2)10-17(3,9-15)13-18(11-15,12-16)14(21)19-6-7-20(4)5/h6-13H2,1-5H3,(H,19,21). The van der Waals surface area contributed by atoms with E-state index in [0.29, 0.717) is 22.2 Å². The van der Waals surface area contributed by atoms with Gasteiger partial charge in [-0.15, -0.1) is 0 Å². The zero-order valence-corrected chi connectivity index (χ0v) is 14.5. The third-order valence-corrected chi connectivity index (χ3v) is 6.18. The molecule has 0 unspecified atom stereocenters. The van der Waals surface area contributed by atoms with Gasteiger partial charge >= 0.3 is 0 Å². The lowest BCUT2D eigenvalue weighted by Gasteiger charge is -2.68. The molecular weight excluding hydrogens is 260 g/mol. The molecule has 4 fully saturated rings. The number of rotatable bonds is 4. The zero-order chi connectivity index (χ0) is 15.5. The van der Waals surface area contributed by atoms with Crippen molar-refractivity contribution in [1.82, 2.24) is 10.2 Å². The number of likely N-dealkylation sites (N-methyl/N-ethyl adjacent to an activating group) is 1. The normalized spacial score (nSPS) is 47.9. The molecule has 0 heterocycles. The van der Waals surface area contributed by atoms with Crippen molar-refractivity contribution in [3.63, 3.8) is 0 Å². The average molecular weight is 292 g/mol. The highest BCUT2D eigenvalue weighted by molar-refractivity contribution is 5.83. The van der Waals surface area contributed by atoms with Gasteiger partial charge in [0.05, 0.1) is 5.41 Å². The fourth-order valence-electron chi connectivity index (χ4n) is 7.11. The molecule has 0 atom stereocenters. The maximum Gasteiger partial charge on any atom is 0.226 e. The van der Waals surface area contributed by atoms with Crippen LogP contribution < -0.4 is 5.32 Å². The minimum absolute atomic E-state index is 0.0840. The van der Waals surface area contributed by atoms with E-state index in [0.717, 1.165) is 32.4 Å². The molecule has 3 nitrogen and oxygen atoms in total. The summed E-state index contributed by atoms with van der Waals surface area (Å²) in [6, 6.07) is 0. The summed E-state index contributed by atoms with van der Waals surface area (Å²) < 4.78 is 0. The Morgan fingerprint density at radius 1 is 0.905 bits per heavy atom. The predicted molar refractivity (Wildman–Crippen MR) is 86.0 cm³/mol. The van der Waals surface area contributed by atoms with E-state index >= 15 is 0 Å². The molecule has 120 valence electrons. The molecule has 4 bridgehead atoms. The highest BCUT2D eigenvalue weighted by Crippen LogP contribution is 2.73. The van der Waals surface area contributed by atoms with Gasteiger partial charge in [-0.25, -0.2) is 0 Å². The molecule has 1 N–H and O–H groups in total. The van der Waals surface area contributed by atoms with Crippen LogP contribution in [0.2, 0.25) is 0 Å². The number of carbonyl (C=O) groups is 1. The van der Waals surface area contributed by atoms with Gasteiger partial charge in [0.25, 0.3) is 0 Å². The summed E-state index contributed by atoms with van der Waals surface area (Å²) in [7, 11) is 4.11. The predicted octanol–water partition coefficient (Wildman–Crippen LogP) is 3.05. The molecule has 0 aromatic rings. The van der Waals surface area contributed by atoms with Crippen LogP contribution >= 0.6 is 0 Å². The third kappa shape index (κ3) is 2.62. The molecule has 4 aliphatic rings. The number of carbonyl (C=O) groups excluding carboxylic acids is 1. The lowest BCUT2D eigenvalue weighted by Crippen LogP contribution is -2.63. The second-order valence-electron chi connectivity index (χ2n) is 9.83. The van der Waals surface area contributed by atoms with Crippen molar-refractivity contribution in [2.75, 3.05) is 27.2 Å². The van der Waals surface area contributed by atoms with Gasteiger partial charge in [0.2, 0.25) is 5.91 Å². The molecule has 3 heteroatoms. The Balaban J connectivity index is 1.79. The van der Waals surface area contributed by atoms with Gasteiger partial charge in [0.1, 0.15) is 0 Å². The lowest BCUT2D eigenvalue weighted by molar-refractivity contribution is -0.191. The van der Waals surface area contributed by atoms with Gasteiger partial charge in [0.15, 0.2) is 0 Å². The fourth-order valence-corrected chi connectivity index (χ4v) is 7.11. The van der Waals surface area contributed by atoms with E-state index in [1.54, 1.807) is 0 Å². The van der Waals surface area contributed by atoms with Crippen molar-refractivity contribution in [3.05, 3.63) is 0 Å². The van der Waals surface area contributed by atoms with Crippen LogP contribution in [-0.2, 0) is 4.79 Å². The van der Waals surface area contributed by atoms with E-state index in [2.05, 4.69) is 45.1 Å². The highest BCUT2D eigenvalue weighted by atomic mass is 16.2. The second kappa shape index (κ2) is 4.47. The Bertz CT molecular complexity index is 403. The van der Waals surface area contributed by atoms with Gasteiger partial charge in [-0.1, -0.05) is 20.8 Å². The summed E-state index contributed by atoms with van der Waals surface area (Å²) in [6.45, 7) is 9.00. The topological polar surface area (TPSA) is 32.3 Å². The smallest absolute Gasteiger partial charge is 0.226 e. The Kier molecular flexibility index (Phi) is 3.26. The second-order valence-corrected chi connectivity index (χ2v) is 9.83. The largest absolute Gasteiger partial charge is 0.354 e. The SMILES string of the molecule is CN(C)CCNC(=O)C12CC3(C)CC(C)(CC(C)(C3)C1)C2. The molecule has 0 aromatic carbocycles. The number of nitrogens with one attached hydrogen (secondary N) is 1. The van der Waals surface area contributed by atoms with Crippen LogP contribution in [-0.4, -0.2) is 38.0 Å². The van der Waals surface area contributed by atoms with Crippen molar-refractivity contribution in [2.24, 2.45) is 21.7 Å². The zero-order valence-electron chi connectivity index (χ0n) is 14.5. The minimum Gasteiger partial charge on any atom is -0.354 e. The van der Waals surface area contributed by atoms with E-state index in [1.807, 2.05) is 0 Å². The van der Waals surface area contributed by atoms with E-state index in [4.69, 9.17) is 0 Å². The van der Waals surface area contributed by atoms with Crippen LogP contribution in [0.25, 0.3) is 0 Å². The molecule has 0 radical (unpaired) electrons. The Morgan fingerprint density at radius 3 is 1.71 bits per heavy atom. The maximum atomic E-state index is 13.0. The average Bonchev–Trinajstić information content (AvgIpc) is 2.21. The van der Waals surface area contributed by atoms with Crippen LogP contribution in [0.4, 0.5) is 0 Å². The van der Waals surface area contributed by atoms with Gasteiger partial charge in [-0.2, -0.15) is 0 Å². The van der Waals surface area contributed by atoms with Crippen molar-refractivity contribution >= 4 is 5.91 Å².